The van der Waals surface area contributed by atoms with Crippen molar-refractivity contribution in [1.82, 2.24) is 4.90 Å². The topological polar surface area (TPSA) is 12.5 Å². The minimum Gasteiger partial charge on any atom is -0.474 e. The van der Waals surface area contributed by atoms with E-state index in [0.717, 1.165) is 25.4 Å². The van der Waals surface area contributed by atoms with E-state index in [2.05, 4.69) is 67.2 Å². The van der Waals surface area contributed by atoms with Crippen molar-refractivity contribution in [1.29, 1.82) is 0 Å². The third kappa shape index (κ3) is 3.53. The van der Waals surface area contributed by atoms with Gasteiger partial charge in [0.05, 0.1) is 0 Å². The fourth-order valence-corrected chi connectivity index (χ4v) is 2.72. The van der Waals surface area contributed by atoms with Gasteiger partial charge in [0.2, 0.25) is 0 Å². The van der Waals surface area contributed by atoms with Crippen LogP contribution in [0.4, 0.5) is 0 Å². The smallest absolute Gasteiger partial charge is 0.182 e. The minimum absolute atomic E-state index is 0.189. The monoisotopic (exact) mass is 323 g/mol. The van der Waals surface area contributed by atoms with Gasteiger partial charge in [-0.15, -0.1) is 0 Å². The molecule has 2 nitrogen and oxygen atoms in total. The van der Waals surface area contributed by atoms with E-state index in [4.69, 9.17) is 4.74 Å². The molecule has 0 fully saturated rings. The predicted octanol–water partition coefficient (Wildman–Crippen LogP) is 4.40. The number of benzene rings is 1. The van der Waals surface area contributed by atoms with E-state index in [-0.39, 0.29) is 5.60 Å². The predicted molar refractivity (Wildman–Crippen MR) is 83.0 cm³/mol. The summed E-state index contributed by atoms with van der Waals surface area (Å²) in [5, 5.41) is 0. The van der Waals surface area contributed by atoms with Crippen LogP contribution in [0.3, 0.4) is 0 Å². The van der Waals surface area contributed by atoms with Crippen LogP contribution >= 0.6 is 15.9 Å². The maximum absolute atomic E-state index is 5.87. The number of ether oxygens (including phenoxy) is 1. The summed E-state index contributed by atoms with van der Waals surface area (Å²) in [7, 11) is 0. The first-order valence-corrected chi connectivity index (χ1v) is 7.46. The number of aryl methyl sites for hydroxylation is 1. The first kappa shape index (κ1) is 14.4. The first-order chi connectivity index (χ1) is 8.76. The fourth-order valence-electron chi connectivity index (χ4n) is 2.33. The number of hydrogen-bond donors (Lipinski definition) is 0. The minimum atomic E-state index is -0.189. The Morgan fingerprint density at radius 3 is 2.63 bits per heavy atom. The van der Waals surface area contributed by atoms with E-state index in [0.29, 0.717) is 0 Å². The SMILES string of the molecule is C=C(OC(C)(C)C)N1CCc2cc(C)c(Br)cc2C1. The van der Waals surface area contributed by atoms with Crippen LogP contribution in [0.15, 0.2) is 29.1 Å². The van der Waals surface area contributed by atoms with Gasteiger partial charge in [0.25, 0.3) is 0 Å². The molecule has 0 saturated carbocycles. The maximum Gasteiger partial charge on any atom is 0.182 e. The molecule has 1 aliphatic heterocycles. The first-order valence-electron chi connectivity index (χ1n) is 6.67. The lowest BCUT2D eigenvalue weighted by molar-refractivity contribution is -0.000687. The molecule has 19 heavy (non-hydrogen) atoms. The molecular weight excluding hydrogens is 302 g/mol. The molecule has 104 valence electrons. The molecule has 0 bridgehead atoms. The van der Waals surface area contributed by atoms with E-state index in [1.54, 1.807) is 0 Å². The molecule has 1 aromatic rings. The second-order valence-electron chi connectivity index (χ2n) is 6.15. The summed E-state index contributed by atoms with van der Waals surface area (Å²) >= 11 is 3.61. The summed E-state index contributed by atoms with van der Waals surface area (Å²) in [4.78, 5) is 2.22. The third-order valence-corrected chi connectivity index (χ3v) is 4.12. The highest BCUT2D eigenvalue weighted by atomic mass is 79.9. The summed E-state index contributed by atoms with van der Waals surface area (Å²) in [5.74, 6) is 0.773. The number of halogens is 1. The van der Waals surface area contributed by atoms with Crippen molar-refractivity contribution in [2.75, 3.05) is 6.54 Å². The van der Waals surface area contributed by atoms with Gasteiger partial charge in [-0.2, -0.15) is 0 Å². The zero-order valence-corrected chi connectivity index (χ0v) is 13.8. The maximum atomic E-state index is 5.87. The summed E-state index contributed by atoms with van der Waals surface area (Å²) in [6, 6.07) is 4.51. The molecule has 0 unspecified atom stereocenters. The Labute approximate surface area is 124 Å². The van der Waals surface area contributed by atoms with Gasteiger partial charge in [0.15, 0.2) is 5.88 Å². The quantitative estimate of drug-likeness (QED) is 0.748. The molecular formula is C16H22BrNO. The zero-order chi connectivity index (χ0) is 14.2. The highest BCUT2D eigenvalue weighted by Gasteiger charge is 2.22. The van der Waals surface area contributed by atoms with E-state index >= 15 is 0 Å². The average molecular weight is 324 g/mol. The van der Waals surface area contributed by atoms with Crippen molar-refractivity contribution in [3.05, 3.63) is 45.8 Å². The van der Waals surface area contributed by atoms with Gasteiger partial charge in [-0.05, 0) is 63.5 Å². The Hall–Kier alpha value is -0.960. The van der Waals surface area contributed by atoms with Crippen molar-refractivity contribution in [2.24, 2.45) is 0 Å². The largest absolute Gasteiger partial charge is 0.474 e. The van der Waals surface area contributed by atoms with Gasteiger partial charge in [-0.3, -0.25) is 0 Å². The van der Waals surface area contributed by atoms with Crippen LogP contribution in [0, 0.1) is 6.92 Å². The molecule has 0 aliphatic carbocycles. The molecule has 1 aromatic carbocycles. The number of rotatable bonds is 2. The van der Waals surface area contributed by atoms with Crippen LogP contribution in [0.2, 0.25) is 0 Å². The third-order valence-electron chi connectivity index (χ3n) is 3.27. The van der Waals surface area contributed by atoms with Crippen molar-refractivity contribution in [2.45, 2.75) is 46.3 Å². The molecule has 2 rings (SSSR count). The normalized spacial score (nSPS) is 15.1. The van der Waals surface area contributed by atoms with Gasteiger partial charge in [0, 0.05) is 17.6 Å². The summed E-state index contributed by atoms with van der Waals surface area (Å²) < 4.78 is 7.04. The molecule has 1 heterocycles. The molecule has 1 aliphatic rings. The molecule has 0 amide bonds. The van der Waals surface area contributed by atoms with Crippen molar-refractivity contribution in [3.63, 3.8) is 0 Å². The van der Waals surface area contributed by atoms with E-state index in [1.807, 2.05) is 0 Å². The number of fused-ring (bicyclic) bond motifs is 1. The molecule has 0 radical (unpaired) electrons. The van der Waals surface area contributed by atoms with Crippen molar-refractivity contribution < 1.29 is 4.74 Å². The summed E-state index contributed by atoms with van der Waals surface area (Å²) in [5.41, 5.74) is 3.92. The van der Waals surface area contributed by atoms with Crippen LogP contribution < -0.4 is 0 Å². The molecule has 0 N–H and O–H groups in total. The number of hydrogen-bond acceptors (Lipinski definition) is 2. The van der Waals surface area contributed by atoms with Gasteiger partial charge < -0.3 is 9.64 Å². The Morgan fingerprint density at radius 1 is 1.32 bits per heavy atom. The Morgan fingerprint density at radius 2 is 2.00 bits per heavy atom. The second-order valence-corrected chi connectivity index (χ2v) is 7.00. The van der Waals surface area contributed by atoms with E-state index in [9.17, 15) is 0 Å². The lowest BCUT2D eigenvalue weighted by Gasteiger charge is -2.35. The lowest BCUT2D eigenvalue weighted by Crippen LogP contribution is -2.33. The van der Waals surface area contributed by atoms with Crippen LogP contribution in [-0.4, -0.2) is 17.0 Å². The molecule has 0 aromatic heterocycles. The Balaban J connectivity index is 2.14. The van der Waals surface area contributed by atoms with Gasteiger partial charge in [0.1, 0.15) is 5.60 Å². The lowest BCUT2D eigenvalue weighted by atomic mass is 9.98. The van der Waals surface area contributed by atoms with E-state index in [1.165, 1.54) is 21.2 Å². The van der Waals surface area contributed by atoms with Gasteiger partial charge >= 0.3 is 0 Å². The van der Waals surface area contributed by atoms with Crippen LogP contribution in [0.1, 0.15) is 37.5 Å². The Bertz CT molecular complexity index is 502. The highest BCUT2D eigenvalue weighted by Crippen LogP contribution is 2.28. The summed E-state index contributed by atoms with van der Waals surface area (Å²) in [6.07, 6.45) is 1.05. The standard InChI is InChI=1S/C16H22BrNO/c1-11-8-13-6-7-18(10-14(13)9-15(11)17)12(2)19-16(3,4)5/h8-9H,2,6-7,10H2,1,3-5H3. The van der Waals surface area contributed by atoms with Crippen LogP contribution in [0.5, 0.6) is 0 Å². The molecule has 0 spiro atoms. The molecule has 0 saturated heterocycles. The van der Waals surface area contributed by atoms with Gasteiger partial charge in [-0.1, -0.05) is 22.0 Å². The Kier molecular flexibility index (Phi) is 3.95. The number of nitrogens with zero attached hydrogens (tertiary/aromatic N) is 1. The van der Waals surface area contributed by atoms with Crippen molar-refractivity contribution in [3.8, 4) is 0 Å². The highest BCUT2D eigenvalue weighted by molar-refractivity contribution is 9.10. The zero-order valence-electron chi connectivity index (χ0n) is 12.2. The van der Waals surface area contributed by atoms with Gasteiger partial charge in [-0.25, -0.2) is 0 Å². The van der Waals surface area contributed by atoms with Crippen LogP contribution in [0.25, 0.3) is 0 Å². The van der Waals surface area contributed by atoms with Crippen LogP contribution in [-0.2, 0) is 17.7 Å². The van der Waals surface area contributed by atoms with E-state index < -0.39 is 0 Å². The summed E-state index contributed by atoms with van der Waals surface area (Å²) in [6.45, 7) is 14.2. The average Bonchev–Trinajstić information content (AvgIpc) is 2.27. The molecule has 3 heteroatoms. The second kappa shape index (κ2) is 5.20. The molecule has 0 atom stereocenters. The fraction of sp³-hybridized carbons (Fsp3) is 0.500. The van der Waals surface area contributed by atoms with Crippen molar-refractivity contribution >= 4 is 15.9 Å².